The number of benzene rings is 1. The molecule has 2 heteroatoms. The molecule has 0 aliphatic rings. The summed E-state index contributed by atoms with van der Waals surface area (Å²) < 4.78 is 5.24. The van der Waals surface area contributed by atoms with E-state index in [4.69, 9.17) is 4.42 Å². The lowest BCUT2D eigenvalue weighted by Gasteiger charge is -1.86. The minimum Gasteiger partial charge on any atom is -0.445 e. The first-order chi connectivity index (χ1) is 7.75. The minimum absolute atomic E-state index is 0.0900. The number of carbonyl (C=O) groups is 1. The zero-order chi connectivity index (χ0) is 11.4. The van der Waals surface area contributed by atoms with E-state index in [-0.39, 0.29) is 5.78 Å². The second-order valence-electron chi connectivity index (χ2n) is 3.34. The third kappa shape index (κ3) is 2.40. The number of Topliss-reactive ketones (excluding diaryl/α,β-unsaturated/α-hetero) is 1. The number of ketones is 1. The Kier molecular flexibility index (Phi) is 2.88. The van der Waals surface area contributed by atoms with Crippen molar-refractivity contribution in [2.45, 2.75) is 6.92 Å². The van der Waals surface area contributed by atoms with Crippen LogP contribution in [0.2, 0.25) is 0 Å². The Balaban J connectivity index is 2.21. The van der Waals surface area contributed by atoms with E-state index < -0.39 is 0 Å². The van der Waals surface area contributed by atoms with Crippen LogP contribution in [-0.4, -0.2) is 5.78 Å². The summed E-state index contributed by atoms with van der Waals surface area (Å²) in [6.07, 6.45) is 0. The second-order valence-corrected chi connectivity index (χ2v) is 3.34. The van der Waals surface area contributed by atoms with Crippen molar-refractivity contribution in [3.05, 3.63) is 59.5 Å². The van der Waals surface area contributed by atoms with Crippen LogP contribution in [-0.2, 0) is 0 Å². The Labute approximate surface area is 93.9 Å². The summed E-state index contributed by atoms with van der Waals surface area (Å²) in [5.74, 6) is 6.59. The lowest BCUT2D eigenvalue weighted by molar-refractivity contribution is 0.0987. The third-order valence-corrected chi connectivity index (χ3v) is 2.06. The van der Waals surface area contributed by atoms with E-state index in [2.05, 4.69) is 11.8 Å². The molecule has 1 heterocycles. The highest BCUT2D eigenvalue weighted by Gasteiger charge is 2.03. The van der Waals surface area contributed by atoms with Crippen LogP contribution < -0.4 is 0 Å². The summed E-state index contributed by atoms with van der Waals surface area (Å²) >= 11 is 0. The molecule has 1 aromatic heterocycles. The molecule has 0 N–H and O–H groups in total. The number of hydrogen-bond donors (Lipinski definition) is 0. The van der Waals surface area contributed by atoms with Crippen molar-refractivity contribution in [2.24, 2.45) is 0 Å². The molecule has 0 saturated carbocycles. The predicted octanol–water partition coefficient (Wildman–Crippen LogP) is 2.88. The molecule has 0 radical (unpaired) electrons. The highest BCUT2D eigenvalue weighted by Crippen LogP contribution is 2.07. The van der Waals surface area contributed by atoms with Gasteiger partial charge in [0.15, 0.2) is 17.3 Å². The molecule has 0 aliphatic heterocycles. The van der Waals surface area contributed by atoms with Gasteiger partial charge in [-0.3, -0.25) is 4.79 Å². The molecular formula is C14H10O2. The smallest absolute Gasteiger partial charge is 0.194 e. The van der Waals surface area contributed by atoms with E-state index in [0.29, 0.717) is 11.5 Å². The van der Waals surface area contributed by atoms with Gasteiger partial charge in [-0.1, -0.05) is 24.1 Å². The molecule has 78 valence electrons. The van der Waals surface area contributed by atoms with Crippen molar-refractivity contribution in [2.75, 3.05) is 0 Å². The number of carbonyl (C=O) groups excluding carboxylic acids is 1. The Morgan fingerprint density at radius 1 is 1.06 bits per heavy atom. The monoisotopic (exact) mass is 210 g/mol. The number of hydrogen-bond acceptors (Lipinski definition) is 2. The van der Waals surface area contributed by atoms with E-state index in [9.17, 15) is 4.79 Å². The van der Waals surface area contributed by atoms with E-state index in [0.717, 1.165) is 5.56 Å². The summed E-state index contributed by atoms with van der Waals surface area (Å²) in [6, 6.07) is 13.0. The molecule has 0 atom stereocenters. The SMILES string of the molecule is CC(=O)c1ccc(C#Cc2ccccc2)o1. The van der Waals surface area contributed by atoms with Gasteiger partial charge in [-0.2, -0.15) is 0 Å². The molecule has 0 bridgehead atoms. The summed E-state index contributed by atoms with van der Waals surface area (Å²) in [6.45, 7) is 1.47. The maximum absolute atomic E-state index is 11.0. The number of rotatable bonds is 1. The summed E-state index contributed by atoms with van der Waals surface area (Å²) in [5, 5.41) is 0. The van der Waals surface area contributed by atoms with Gasteiger partial charge in [0.1, 0.15) is 0 Å². The maximum Gasteiger partial charge on any atom is 0.194 e. The maximum atomic E-state index is 11.0. The van der Waals surface area contributed by atoms with Crippen molar-refractivity contribution < 1.29 is 9.21 Å². The molecule has 0 unspecified atom stereocenters. The first kappa shape index (κ1) is 10.3. The van der Waals surface area contributed by atoms with Gasteiger partial charge in [-0.25, -0.2) is 0 Å². The summed E-state index contributed by atoms with van der Waals surface area (Å²) in [5.41, 5.74) is 0.920. The highest BCUT2D eigenvalue weighted by molar-refractivity contribution is 5.91. The van der Waals surface area contributed by atoms with Crippen LogP contribution in [0, 0.1) is 11.8 Å². The minimum atomic E-state index is -0.0900. The van der Waals surface area contributed by atoms with Gasteiger partial charge in [0.2, 0.25) is 0 Å². The largest absolute Gasteiger partial charge is 0.445 e. The third-order valence-electron chi connectivity index (χ3n) is 2.06. The van der Waals surface area contributed by atoms with E-state index >= 15 is 0 Å². The first-order valence-corrected chi connectivity index (χ1v) is 4.93. The molecular weight excluding hydrogens is 200 g/mol. The average Bonchev–Trinajstić information content (AvgIpc) is 2.76. The summed E-state index contributed by atoms with van der Waals surface area (Å²) in [4.78, 5) is 11.0. The van der Waals surface area contributed by atoms with Gasteiger partial charge in [-0.15, -0.1) is 0 Å². The van der Waals surface area contributed by atoms with Crippen LogP contribution in [0.25, 0.3) is 0 Å². The van der Waals surface area contributed by atoms with Gasteiger partial charge >= 0.3 is 0 Å². The van der Waals surface area contributed by atoms with Crippen molar-refractivity contribution in [1.82, 2.24) is 0 Å². The molecule has 0 aliphatic carbocycles. The van der Waals surface area contributed by atoms with Crippen LogP contribution in [0.1, 0.15) is 28.8 Å². The second kappa shape index (κ2) is 4.50. The fourth-order valence-corrected chi connectivity index (χ4v) is 1.25. The number of furan rings is 1. The van der Waals surface area contributed by atoms with Crippen LogP contribution in [0.15, 0.2) is 46.9 Å². The molecule has 2 nitrogen and oxygen atoms in total. The van der Waals surface area contributed by atoms with Gasteiger partial charge in [-0.05, 0) is 30.2 Å². The van der Waals surface area contributed by atoms with Crippen LogP contribution in [0.4, 0.5) is 0 Å². The van der Waals surface area contributed by atoms with Gasteiger partial charge < -0.3 is 4.42 Å². The molecule has 1 aromatic carbocycles. The normalized spacial score (nSPS) is 9.31. The lowest BCUT2D eigenvalue weighted by atomic mass is 10.2. The van der Waals surface area contributed by atoms with E-state index in [1.807, 2.05) is 30.3 Å². The predicted molar refractivity (Wildman–Crippen MR) is 61.1 cm³/mol. The zero-order valence-electron chi connectivity index (χ0n) is 8.86. The molecule has 16 heavy (non-hydrogen) atoms. The zero-order valence-corrected chi connectivity index (χ0v) is 8.86. The van der Waals surface area contributed by atoms with Gasteiger partial charge in [0.25, 0.3) is 0 Å². The van der Waals surface area contributed by atoms with Crippen molar-refractivity contribution in [3.8, 4) is 11.8 Å². The lowest BCUT2D eigenvalue weighted by Crippen LogP contribution is -1.85. The van der Waals surface area contributed by atoms with Crippen LogP contribution in [0.3, 0.4) is 0 Å². The molecule has 2 rings (SSSR count). The van der Waals surface area contributed by atoms with Crippen LogP contribution in [0.5, 0.6) is 0 Å². The van der Waals surface area contributed by atoms with Gasteiger partial charge in [0.05, 0.1) is 0 Å². The van der Waals surface area contributed by atoms with Crippen molar-refractivity contribution >= 4 is 5.78 Å². The fourth-order valence-electron chi connectivity index (χ4n) is 1.25. The Hall–Kier alpha value is -2.27. The average molecular weight is 210 g/mol. The Bertz CT molecular complexity index is 553. The standard InChI is InChI=1S/C14H10O2/c1-11(15)14-10-9-13(16-14)8-7-12-5-3-2-4-6-12/h2-6,9-10H,1H3. The molecule has 0 spiro atoms. The van der Waals surface area contributed by atoms with Crippen LogP contribution >= 0.6 is 0 Å². The quantitative estimate of drug-likeness (QED) is 0.535. The molecule has 0 amide bonds. The van der Waals surface area contributed by atoms with Gasteiger partial charge in [0, 0.05) is 12.5 Å². The highest BCUT2D eigenvalue weighted by atomic mass is 16.3. The van der Waals surface area contributed by atoms with Crippen molar-refractivity contribution in [1.29, 1.82) is 0 Å². The first-order valence-electron chi connectivity index (χ1n) is 4.93. The molecule has 0 saturated heterocycles. The molecule has 0 fully saturated rings. The Morgan fingerprint density at radius 2 is 1.81 bits per heavy atom. The van der Waals surface area contributed by atoms with E-state index in [1.165, 1.54) is 6.92 Å². The Morgan fingerprint density at radius 3 is 2.44 bits per heavy atom. The topological polar surface area (TPSA) is 30.2 Å². The van der Waals surface area contributed by atoms with Crippen molar-refractivity contribution in [3.63, 3.8) is 0 Å². The molecule has 2 aromatic rings. The fraction of sp³-hybridized carbons (Fsp3) is 0.0714. The van der Waals surface area contributed by atoms with E-state index in [1.54, 1.807) is 12.1 Å². The summed E-state index contributed by atoms with van der Waals surface area (Å²) in [7, 11) is 0.